The monoisotopic (exact) mass is 302 g/mol. The average molecular weight is 302 g/mol. The number of aromatic hydroxyl groups is 2. The molecule has 1 aromatic rings. The second-order valence-electron chi connectivity index (χ2n) is 5.29. The van der Waals surface area contributed by atoms with E-state index in [9.17, 15) is 15.0 Å². The molecule has 0 aliphatic rings. The quantitative estimate of drug-likeness (QED) is 0.427. The Labute approximate surface area is 130 Å². The third-order valence-corrected chi connectivity index (χ3v) is 2.86. The zero-order valence-corrected chi connectivity index (χ0v) is 13.1. The Morgan fingerprint density at radius 2 is 1.82 bits per heavy atom. The Kier molecular flexibility index (Phi) is 6.89. The molecule has 0 spiro atoms. The Morgan fingerprint density at radius 1 is 1.18 bits per heavy atom. The molecule has 0 saturated heterocycles. The standard InChI is InChI=1S/C17H22N2O3/c1-12(2)5-4-6-13(3)7-8-18-19-17(22)14-9-15(20)11-16(21)10-14/h5,7-11,20-21H,4,6H2,1-3H3,(H,19,22)/b13-7+,18-8+. The van der Waals surface area contributed by atoms with Gasteiger partial charge in [0.2, 0.25) is 0 Å². The number of phenolic OH excluding ortho intramolecular Hbond substituents is 2. The zero-order valence-electron chi connectivity index (χ0n) is 13.1. The summed E-state index contributed by atoms with van der Waals surface area (Å²) in [5.74, 6) is -0.855. The van der Waals surface area contributed by atoms with E-state index in [1.165, 1.54) is 23.9 Å². The van der Waals surface area contributed by atoms with Crippen molar-refractivity contribution >= 4 is 12.1 Å². The first-order valence-electron chi connectivity index (χ1n) is 7.04. The van der Waals surface area contributed by atoms with Crippen LogP contribution in [0.4, 0.5) is 0 Å². The minimum absolute atomic E-state index is 0.138. The van der Waals surface area contributed by atoms with Gasteiger partial charge < -0.3 is 10.2 Å². The first-order valence-corrected chi connectivity index (χ1v) is 7.04. The number of phenols is 2. The van der Waals surface area contributed by atoms with E-state index in [1.54, 1.807) is 0 Å². The fraction of sp³-hybridized carbons (Fsp3) is 0.294. The van der Waals surface area contributed by atoms with Crippen molar-refractivity contribution in [3.8, 4) is 11.5 Å². The van der Waals surface area contributed by atoms with Gasteiger partial charge in [-0.2, -0.15) is 5.10 Å². The molecule has 5 nitrogen and oxygen atoms in total. The number of nitrogens with one attached hydrogen (secondary N) is 1. The van der Waals surface area contributed by atoms with Crippen LogP contribution in [0.1, 0.15) is 44.0 Å². The normalized spacial score (nSPS) is 11.5. The number of rotatable bonds is 6. The first kappa shape index (κ1) is 17.5. The van der Waals surface area contributed by atoms with Gasteiger partial charge in [-0.15, -0.1) is 0 Å². The molecule has 0 radical (unpaired) electrons. The van der Waals surface area contributed by atoms with Crippen LogP contribution in [-0.4, -0.2) is 22.3 Å². The molecule has 0 atom stereocenters. The van der Waals surface area contributed by atoms with Crippen molar-refractivity contribution in [3.05, 3.63) is 47.1 Å². The number of carbonyl (C=O) groups is 1. The van der Waals surface area contributed by atoms with Crippen LogP contribution < -0.4 is 5.43 Å². The van der Waals surface area contributed by atoms with Crippen LogP contribution in [0.3, 0.4) is 0 Å². The van der Waals surface area contributed by atoms with E-state index in [0.717, 1.165) is 24.5 Å². The number of nitrogens with zero attached hydrogens (tertiary/aromatic N) is 1. The lowest BCUT2D eigenvalue weighted by atomic mass is 10.1. The van der Waals surface area contributed by atoms with Gasteiger partial charge in [0, 0.05) is 17.8 Å². The molecular weight excluding hydrogens is 280 g/mol. The largest absolute Gasteiger partial charge is 0.508 e. The molecule has 0 unspecified atom stereocenters. The van der Waals surface area contributed by atoms with Crippen LogP contribution in [0.25, 0.3) is 0 Å². The molecule has 0 aromatic heterocycles. The highest BCUT2D eigenvalue weighted by molar-refractivity contribution is 5.95. The molecule has 0 bridgehead atoms. The van der Waals surface area contributed by atoms with E-state index < -0.39 is 5.91 Å². The van der Waals surface area contributed by atoms with Crippen molar-refractivity contribution in [3.63, 3.8) is 0 Å². The number of hydrazone groups is 1. The van der Waals surface area contributed by atoms with Crippen molar-refractivity contribution in [2.75, 3.05) is 0 Å². The summed E-state index contributed by atoms with van der Waals surface area (Å²) in [6.07, 6.45) is 7.43. The number of amides is 1. The van der Waals surface area contributed by atoms with E-state index in [2.05, 4.69) is 30.5 Å². The van der Waals surface area contributed by atoms with Crippen LogP contribution in [0, 0.1) is 0 Å². The smallest absolute Gasteiger partial charge is 0.271 e. The predicted octanol–water partition coefficient (Wildman–Crippen LogP) is 3.51. The molecule has 0 fully saturated rings. The maximum Gasteiger partial charge on any atom is 0.271 e. The maximum absolute atomic E-state index is 11.8. The highest BCUT2D eigenvalue weighted by Crippen LogP contribution is 2.20. The molecule has 5 heteroatoms. The number of allylic oxidation sites excluding steroid dienone is 4. The van der Waals surface area contributed by atoms with Gasteiger partial charge in [0.25, 0.3) is 5.91 Å². The molecule has 0 saturated carbocycles. The lowest BCUT2D eigenvalue weighted by molar-refractivity contribution is 0.0954. The summed E-state index contributed by atoms with van der Waals surface area (Å²) in [6.45, 7) is 6.13. The van der Waals surface area contributed by atoms with Crippen molar-refractivity contribution in [2.45, 2.75) is 33.6 Å². The van der Waals surface area contributed by atoms with E-state index >= 15 is 0 Å². The van der Waals surface area contributed by atoms with Gasteiger partial charge in [0.05, 0.1) is 0 Å². The number of carbonyl (C=O) groups excluding carboxylic acids is 1. The minimum atomic E-state index is -0.502. The second-order valence-corrected chi connectivity index (χ2v) is 5.29. The van der Waals surface area contributed by atoms with Crippen LogP contribution in [0.5, 0.6) is 11.5 Å². The Balaban J connectivity index is 2.51. The van der Waals surface area contributed by atoms with E-state index in [-0.39, 0.29) is 17.1 Å². The van der Waals surface area contributed by atoms with E-state index in [0.29, 0.717) is 0 Å². The molecule has 1 rings (SSSR count). The molecule has 118 valence electrons. The van der Waals surface area contributed by atoms with Crippen molar-refractivity contribution in [1.29, 1.82) is 0 Å². The van der Waals surface area contributed by atoms with Crippen LogP contribution >= 0.6 is 0 Å². The van der Waals surface area contributed by atoms with Crippen molar-refractivity contribution in [2.24, 2.45) is 5.10 Å². The summed E-state index contributed by atoms with van der Waals surface area (Å²) in [7, 11) is 0. The average Bonchev–Trinajstić information content (AvgIpc) is 2.41. The highest BCUT2D eigenvalue weighted by atomic mass is 16.3. The van der Waals surface area contributed by atoms with Crippen molar-refractivity contribution in [1.82, 2.24) is 5.43 Å². The predicted molar refractivity (Wildman–Crippen MR) is 88.2 cm³/mol. The van der Waals surface area contributed by atoms with E-state index in [4.69, 9.17) is 0 Å². The van der Waals surface area contributed by atoms with Gasteiger partial charge in [-0.3, -0.25) is 4.79 Å². The van der Waals surface area contributed by atoms with Crippen LogP contribution in [0.2, 0.25) is 0 Å². The number of hydrogen-bond donors (Lipinski definition) is 3. The molecule has 22 heavy (non-hydrogen) atoms. The molecule has 3 N–H and O–H groups in total. The molecule has 1 aromatic carbocycles. The Hall–Kier alpha value is -2.56. The molecule has 0 heterocycles. The fourth-order valence-electron chi connectivity index (χ4n) is 1.72. The summed E-state index contributed by atoms with van der Waals surface area (Å²) in [5, 5.41) is 22.4. The summed E-state index contributed by atoms with van der Waals surface area (Å²) in [5.41, 5.74) is 4.93. The summed E-state index contributed by atoms with van der Waals surface area (Å²) in [4.78, 5) is 11.8. The van der Waals surface area contributed by atoms with Gasteiger partial charge in [0.1, 0.15) is 11.5 Å². The van der Waals surface area contributed by atoms with Crippen molar-refractivity contribution < 1.29 is 15.0 Å². The van der Waals surface area contributed by atoms with E-state index in [1.807, 2.05) is 13.0 Å². The maximum atomic E-state index is 11.8. The number of hydrogen-bond acceptors (Lipinski definition) is 4. The zero-order chi connectivity index (χ0) is 16.5. The summed E-state index contributed by atoms with van der Waals surface area (Å²) < 4.78 is 0. The third-order valence-electron chi connectivity index (χ3n) is 2.86. The van der Waals surface area contributed by atoms with Crippen LogP contribution in [-0.2, 0) is 0 Å². The molecule has 1 amide bonds. The van der Waals surface area contributed by atoms with Crippen LogP contribution in [0.15, 0.2) is 46.6 Å². The molecule has 0 aliphatic carbocycles. The van der Waals surface area contributed by atoms with Gasteiger partial charge >= 0.3 is 0 Å². The first-order chi connectivity index (χ1) is 10.4. The lowest BCUT2D eigenvalue weighted by Crippen LogP contribution is -2.17. The third kappa shape index (κ3) is 6.74. The number of benzene rings is 1. The minimum Gasteiger partial charge on any atom is -0.508 e. The van der Waals surface area contributed by atoms with Gasteiger partial charge in [-0.1, -0.05) is 17.2 Å². The molecule has 0 aliphatic heterocycles. The lowest BCUT2D eigenvalue weighted by Gasteiger charge is -2.01. The Bertz CT molecular complexity index is 592. The van der Waals surface area contributed by atoms with Gasteiger partial charge in [-0.05, 0) is 51.8 Å². The Morgan fingerprint density at radius 3 is 2.41 bits per heavy atom. The fourth-order valence-corrected chi connectivity index (χ4v) is 1.72. The van der Waals surface area contributed by atoms with Gasteiger partial charge in [0.15, 0.2) is 0 Å². The summed E-state index contributed by atoms with van der Waals surface area (Å²) >= 11 is 0. The highest BCUT2D eigenvalue weighted by Gasteiger charge is 2.07. The summed E-state index contributed by atoms with van der Waals surface area (Å²) in [6, 6.07) is 3.66. The molecular formula is C17H22N2O3. The van der Waals surface area contributed by atoms with Gasteiger partial charge in [-0.25, -0.2) is 5.43 Å². The SMILES string of the molecule is CC(C)=CCC/C(C)=C/C=N/NC(=O)c1cc(O)cc(O)c1. The topological polar surface area (TPSA) is 81.9 Å². The second kappa shape index (κ2) is 8.67.